The maximum Gasteiger partial charge on any atom is 0.164 e. The highest BCUT2D eigenvalue weighted by Crippen LogP contribution is 2.41. The second-order valence-electron chi connectivity index (χ2n) is 4.94. The summed E-state index contributed by atoms with van der Waals surface area (Å²) in [6.07, 6.45) is 0. The van der Waals surface area contributed by atoms with Crippen LogP contribution in [0.3, 0.4) is 0 Å². The fourth-order valence-corrected chi connectivity index (χ4v) is 2.60. The average molecular weight is 300 g/mol. The highest BCUT2D eigenvalue weighted by atomic mass is 16.5. The smallest absolute Gasteiger partial charge is 0.164 e. The summed E-state index contributed by atoms with van der Waals surface area (Å²) in [4.78, 5) is 0. The minimum Gasteiger partial charge on any atom is -0.504 e. The van der Waals surface area contributed by atoms with Crippen molar-refractivity contribution < 1.29 is 24.1 Å². The summed E-state index contributed by atoms with van der Waals surface area (Å²) < 4.78 is 15.9. The third kappa shape index (κ3) is 2.11. The number of benzene rings is 2. The van der Waals surface area contributed by atoms with Crippen LogP contribution in [-0.2, 0) is 0 Å². The molecule has 0 atom stereocenters. The van der Waals surface area contributed by atoms with E-state index in [1.165, 1.54) is 14.2 Å². The van der Waals surface area contributed by atoms with E-state index < -0.39 is 0 Å². The maximum atomic E-state index is 9.99. The zero-order chi connectivity index (χ0) is 15.9. The van der Waals surface area contributed by atoms with E-state index in [1.54, 1.807) is 24.3 Å². The average Bonchev–Trinajstić information content (AvgIpc) is 2.81. The number of phenols is 2. The van der Waals surface area contributed by atoms with Crippen LogP contribution in [-0.4, -0.2) is 24.4 Å². The van der Waals surface area contributed by atoms with E-state index in [4.69, 9.17) is 13.9 Å². The van der Waals surface area contributed by atoms with Crippen molar-refractivity contribution in [2.75, 3.05) is 14.2 Å². The van der Waals surface area contributed by atoms with Gasteiger partial charge in [0.05, 0.1) is 14.2 Å². The summed E-state index contributed by atoms with van der Waals surface area (Å²) in [6.45, 7) is 1.83. The first-order valence-corrected chi connectivity index (χ1v) is 6.72. The number of fused-ring (bicyclic) bond motifs is 1. The molecule has 3 rings (SSSR count). The Balaban J connectivity index is 2.24. The second-order valence-corrected chi connectivity index (χ2v) is 4.94. The van der Waals surface area contributed by atoms with Crippen molar-refractivity contribution in [2.45, 2.75) is 6.92 Å². The number of rotatable bonds is 3. The van der Waals surface area contributed by atoms with E-state index in [2.05, 4.69) is 0 Å². The van der Waals surface area contributed by atoms with Crippen LogP contribution in [0.15, 0.2) is 34.7 Å². The lowest BCUT2D eigenvalue weighted by Crippen LogP contribution is -1.86. The van der Waals surface area contributed by atoms with E-state index in [9.17, 15) is 10.2 Å². The molecule has 22 heavy (non-hydrogen) atoms. The van der Waals surface area contributed by atoms with Gasteiger partial charge in [0.25, 0.3) is 0 Å². The summed E-state index contributed by atoms with van der Waals surface area (Å²) in [5.41, 5.74) is 2.20. The zero-order valence-corrected chi connectivity index (χ0v) is 12.5. The van der Waals surface area contributed by atoms with Crippen molar-refractivity contribution in [3.05, 3.63) is 36.1 Å². The Morgan fingerprint density at radius 2 is 1.59 bits per heavy atom. The van der Waals surface area contributed by atoms with Crippen molar-refractivity contribution in [2.24, 2.45) is 0 Å². The molecule has 0 saturated heterocycles. The summed E-state index contributed by atoms with van der Waals surface area (Å²) in [7, 11) is 2.98. The van der Waals surface area contributed by atoms with E-state index in [0.717, 1.165) is 16.5 Å². The van der Waals surface area contributed by atoms with Gasteiger partial charge >= 0.3 is 0 Å². The number of methoxy groups -OCH3 is 2. The lowest BCUT2D eigenvalue weighted by atomic mass is 10.0. The number of phenolic OH excluding ortho intramolecular Hbond substituents is 2. The van der Waals surface area contributed by atoms with Crippen LogP contribution >= 0.6 is 0 Å². The molecule has 1 heterocycles. The molecule has 0 unspecified atom stereocenters. The Hall–Kier alpha value is -2.82. The first-order valence-electron chi connectivity index (χ1n) is 6.72. The Kier molecular flexibility index (Phi) is 3.33. The quantitative estimate of drug-likeness (QED) is 0.769. The van der Waals surface area contributed by atoms with Gasteiger partial charge in [-0.2, -0.15) is 0 Å². The minimum atomic E-state index is 0.0368. The van der Waals surface area contributed by atoms with Gasteiger partial charge < -0.3 is 24.1 Å². The monoisotopic (exact) mass is 300 g/mol. The number of aromatic hydroxyl groups is 2. The Bertz CT molecular complexity index is 848. The predicted molar refractivity (Wildman–Crippen MR) is 82.8 cm³/mol. The van der Waals surface area contributed by atoms with Crippen LogP contribution in [0.5, 0.6) is 23.0 Å². The van der Waals surface area contributed by atoms with Gasteiger partial charge in [-0.05, 0) is 30.7 Å². The molecule has 5 nitrogen and oxygen atoms in total. The summed E-state index contributed by atoms with van der Waals surface area (Å²) >= 11 is 0. The maximum absolute atomic E-state index is 9.99. The molecule has 5 heteroatoms. The van der Waals surface area contributed by atoms with Gasteiger partial charge in [0.2, 0.25) is 0 Å². The molecular formula is C17H16O5. The lowest BCUT2D eigenvalue weighted by Gasteiger charge is -2.07. The van der Waals surface area contributed by atoms with Gasteiger partial charge in [-0.1, -0.05) is 6.07 Å². The third-order valence-corrected chi connectivity index (χ3v) is 3.63. The van der Waals surface area contributed by atoms with Gasteiger partial charge in [0.1, 0.15) is 11.3 Å². The molecule has 0 aliphatic heterocycles. The van der Waals surface area contributed by atoms with Crippen molar-refractivity contribution in [1.82, 2.24) is 0 Å². The van der Waals surface area contributed by atoms with E-state index in [-0.39, 0.29) is 11.5 Å². The van der Waals surface area contributed by atoms with Crippen molar-refractivity contribution in [1.29, 1.82) is 0 Å². The van der Waals surface area contributed by atoms with Crippen LogP contribution in [0.4, 0.5) is 0 Å². The van der Waals surface area contributed by atoms with Crippen molar-refractivity contribution in [3.63, 3.8) is 0 Å². The van der Waals surface area contributed by atoms with E-state index in [1.807, 2.05) is 13.0 Å². The van der Waals surface area contributed by atoms with E-state index >= 15 is 0 Å². The number of hydrogen-bond acceptors (Lipinski definition) is 5. The van der Waals surface area contributed by atoms with Gasteiger partial charge in [-0.3, -0.25) is 0 Å². The largest absolute Gasteiger partial charge is 0.504 e. The molecular weight excluding hydrogens is 284 g/mol. The Morgan fingerprint density at radius 3 is 2.23 bits per heavy atom. The molecule has 0 aliphatic carbocycles. The number of hydrogen-bond donors (Lipinski definition) is 2. The minimum absolute atomic E-state index is 0.0368. The molecule has 2 N–H and O–H groups in total. The van der Waals surface area contributed by atoms with Crippen LogP contribution in [0.1, 0.15) is 5.76 Å². The molecule has 0 radical (unpaired) electrons. The fourth-order valence-electron chi connectivity index (χ4n) is 2.60. The molecule has 0 aliphatic rings. The standard InChI is InChI=1S/C17H16O5/c1-9-17(10-4-5-14(20-2)12(18)6-10)11-7-13(19)16(21-3)8-15(11)22-9/h4-8,18-19H,1-3H3. The SMILES string of the molecule is COc1ccc(-c2c(C)oc3cc(OC)c(O)cc23)cc1O. The van der Waals surface area contributed by atoms with Gasteiger partial charge in [-0.25, -0.2) is 0 Å². The molecule has 0 amide bonds. The Labute approximate surface area is 127 Å². The normalized spacial score (nSPS) is 10.9. The van der Waals surface area contributed by atoms with Gasteiger partial charge in [-0.15, -0.1) is 0 Å². The van der Waals surface area contributed by atoms with E-state index in [0.29, 0.717) is 22.8 Å². The molecule has 0 fully saturated rings. The molecule has 114 valence electrons. The van der Waals surface area contributed by atoms with Gasteiger partial charge in [0.15, 0.2) is 23.0 Å². The first kappa shape index (κ1) is 14.1. The first-order chi connectivity index (χ1) is 10.5. The van der Waals surface area contributed by atoms with Crippen molar-refractivity contribution >= 4 is 11.0 Å². The van der Waals surface area contributed by atoms with Crippen LogP contribution in [0.25, 0.3) is 22.1 Å². The molecule has 2 aromatic carbocycles. The van der Waals surface area contributed by atoms with Crippen LogP contribution < -0.4 is 9.47 Å². The lowest BCUT2D eigenvalue weighted by molar-refractivity contribution is 0.373. The number of ether oxygens (including phenoxy) is 2. The number of furan rings is 1. The topological polar surface area (TPSA) is 72.1 Å². The zero-order valence-electron chi connectivity index (χ0n) is 12.5. The summed E-state index contributed by atoms with van der Waals surface area (Å²) in [6, 6.07) is 8.37. The van der Waals surface area contributed by atoms with Crippen molar-refractivity contribution in [3.8, 4) is 34.1 Å². The summed E-state index contributed by atoms with van der Waals surface area (Å²) in [5.74, 6) is 1.53. The highest BCUT2D eigenvalue weighted by Gasteiger charge is 2.17. The Morgan fingerprint density at radius 1 is 0.909 bits per heavy atom. The fraction of sp³-hybridized carbons (Fsp3) is 0.176. The second kappa shape index (κ2) is 5.18. The van der Waals surface area contributed by atoms with Crippen LogP contribution in [0, 0.1) is 6.92 Å². The number of aryl methyl sites for hydroxylation is 1. The molecule has 0 bridgehead atoms. The predicted octanol–water partition coefficient (Wildman–Crippen LogP) is 3.84. The summed E-state index contributed by atoms with van der Waals surface area (Å²) in [5, 5.41) is 20.7. The molecule has 0 spiro atoms. The van der Waals surface area contributed by atoms with Crippen LogP contribution in [0.2, 0.25) is 0 Å². The van der Waals surface area contributed by atoms with Gasteiger partial charge in [0, 0.05) is 17.0 Å². The third-order valence-electron chi connectivity index (χ3n) is 3.63. The molecule has 1 aromatic heterocycles. The molecule has 0 saturated carbocycles. The molecule has 3 aromatic rings. The highest BCUT2D eigenvalue weighted by molar-refractivity contribution is 5.97.